The van der Waals surface area contributed by atoms with Crippen molar-refractivity contribution in [3.05, 3.63) is 29.2 Å². The molecule has 0 aromatic carbocycles. The summed E-state index contributed by atoms with van der Waals surface area (Å²) in [5.41, 5.74) is 0.398. The van der Waals surface area contributed by atoms with Gasteiger partial charge in [-0.15, -0.1) is 0 Å². The van der Waals surface area contributed by atoms with Crippen LogP contribution in [0.1, 0.15) is 37.2 Å². The quantitative estimate of drug-likeness (QED) is 0.555. The number of rotatable bonds is 6. The Morgan fingerprint density at radius 2 is 2.00 bits per heavy atom. The highest BCUT2D eigenvalue weighted by atomic mass is 35.5. The number of carbonyl (C=O) groups excluding carboxylic acids is 1. The number of hydrogen-bond donors (Lipinski definition) is 1. The molecule has 2 aromatic rings. The Bertz CT molecular complexity index is 1120. The molecule has 194 valence electrons. The van der Waals surface area contributed by atoms with Gasteiger partial charge in [-0.05, 0) is 31.7 Å². The van der Waals surface area contributed by atoms with Crippen molar-refractivity contribution in [1.82, 2.24) is 15.0 Å². The molecule has 3 aliphatic heterocycles. The molecule has 0 saturated carbocycles. The van der Waals surface area contributed by atoms with Crippen LogP contribution in [0.5, 0.6) is 0 Å². The number of hydrogen-bond acceptors (Lipinski definition) is 10. The fourth-order valence-electron chi connectivity index (χ4n) is 5.40. The topological polar surface area (TPSA) is 101 Å². The lowest BCUT2D eigenvalue weighted by Crippen LogP contribution is -2.48. The molecule has 3 fully saturated rings. The minimum atomic E-state index is -0.511. The van der Waals surface area contributed by atoms with Gasteiger partial charge in [-0.3, -0.25) is 0 Å². The Morgan fingerprint density at radius 3 is 2.64 bits per heavy atom. The molecule has 0 amide bonds. The van der Waals surface area contributed by atoms with E-state index in [0.29, 0.717) is 27.6 Å². The van der Waals surface area contributed by atoms with Gasteiger partial charge in [-0.25, -0.2) is 19.7 Å². The summed E-state index contributed by atoms with van der Waals surface area (Å²) < 4.78 is 11.0. The van der Waals surface area contributed by atoms with Crippen LogP contribution in [0.2, 0.25) is 5.02 Å². The van der Waals surface area contributed by atoms with Crippen LogP contribution < -0.4 is 9.80 Å². The predicted molar refractivity (Wildman–Crippen MR) is 138 cm³/mol. The monoisotopic (exact) mass is 533 g/mol. The lowest BCUT2D eigenvalue weighted by molar-refractivity contribution is 0.0592. The molecular weight excluding hydrogens is 502 g/mol. The maximum Gasteiger partial charge on any atom is 0.360 e. The molecule has 1 spiro atoms. The van der Waals surface area contributed by atoms with Gasteiger partial charge in [0.1, 0.15) is 10.8 Å². The fraction of sp³-hybridized carbons (Fsp3) is 0.600. The molecule has 0 unspecified atom stereocenters. The smallest absolute Gasteiger partial charge is 0.360 e. The molecule has 0 aliphatic carbocycles. The second kappa shape index (κ2) is 10.3. The zero-order valence-corrected chi connectivity index (χ0v) is 22.4. The number of methoxy groups -OCH3 is 1. The number of nitrogens with zero attached hydrogens (tertiary/aromatic N) is 5. The van der Waals surface area contributed by atoms with Crippen molar-refractivity contribution >= 4 is 41.0 Å². The molecule has 1 N–H and O–H groups in total. The third kappa shape index (κ3) is 4.64. The minimum Gasteiger partial charge on any atom is -0.464 e. The number of piperidine rings is 1. The first-order valence-electron chi connectivity index (χ1n) is 12.4. The van der Waals surface area contributed by atoms with Gasteiger partial charge in [0.15, 0.2) is 11.5 Å². The highest BCUT2D eigenvalue weighted by Gasteiger charge is 2.47. The molecule has 9 nitrogen and oxygen atoms in total. The fourth-order valence-corrected chi connectivity index (χ4v) is 6.53. The van der Waals surface area contributed by atoms with Crippen molar-refractivity contribution in [2.75, 3.05) is 56.3 Å². The van der Waals surface area contributed by atoms with E-state index in [4.69, 9.17) is 21.1 Å². The highest BCUT2D eigenvalue weighted by molar-refractivity contribution is 7.99. The molecule has 11 heteroatoms. The van der Waals surface area contributed by atoms with Crippen molar-refractivity contribution in [3.8, 4) is 0 Å². The SMILES string of the molecule is COC(=O)c1nc(Sc2ccnc(N3CC(CO)C3)c2Cl)cnc1N1CCC2(CC1)CO[C@@H](C)[C@H]2C. The maximum atomic E-state index is 12.7. The summed E-state index contributed by atoms with van der Waals surface area (Å²) in [6, 6.07) is 1.82. The zero-order chi connectivity index (χ0) is 25.4. The largest absolute Gasteiger partial charge is 0.464 e. The van der Waals surface area contributed by atoms with Gasteiger partial charge in [0.05, 0.1) is 31.0 Å². The van der Waals surface area contributed by atoms with Crippen LogP contribution in [0.4, 0.5) is 11.6 Å². The van der Waals surface area contributed by atoms with Crippen LogP contribution in [-0.4, -0.2) is 78.6 Å². The summed E-state index contributed by atoms with van der Waals surface area (Å²) in [6.45, 7) is 8.40. The lowest BCUT2D eigenvalue weighted by atomic mass is 9.70. The standard InChI is InChI=1S/C25H32ClN5O4S/c1-15-16(2)35-14-25(15)5-8-30(9-6-25)23-21(24(33)34-3)29-19(10-28-23)36-18-4-7-27-22(20(18)26)31-11-17(12-31)13-32/h4,7,10,15-17,32H,5-6,8-9,11-14H2,1-3H3/t15-,16+/m1/s1. The van der Waals surface area contributed by atoms with Crippen molar-refractivity contribution in [3.63, 3.8) is 0 Å². The Balaban J connectivity index is 1.34. The molecule has 0 radical (unpaired) electrons. The van der Waals surface area contributed by atoms with Crippen molar-refractivity contribution in [2.24, 2.45) is 17.3 Å². The summed E-state index contributed by atoms with van der Waals surface area (Å²) in [6.07, 6.45) is 5.63. The van der Waals surface area contributed by atoms with Gasteiger partial charge < -0.3 is 24.4 Å². The third-order valence-corrected chi connectivity index (χ3v) is 9.49. The van der Waals surface area contributed by atoms with E-state index in [0.717, 1.165) is 50.5 Å². The molecule has 5 rings (SSSR count). The van der Waals surface area contributed by atoms with Gasteiger partial charge in [0.25, 0.3) is 0 Å². The summed E-state index contributed by atoms with van der Waals surface area (Å²) in [7, 11) is 1.36. The molecule has 5 heterocycles. The van der Waals surface area contributed by atoms with E-state index in [1.165, 1.54) is 18.9 Å². The van der Waals surface area contributed by atoms with E-state index in [1.54, 1.807) is 12.4 Å². The first-order chi connectivity index (χ1) is 17.3. The normalized spacial score (nSPS) is 23.7. The number of pyridine rings is 1. The Hall–Kier alpha value is -2.14. The van der Waals surface area contributed by atoms with E-state index >= 15 is 0 Å². The van der Waals surface area contributed by atoms with Crippen molar-refractivity contribution < 1.29 is 19.4 Å². The average molecular weight is 534 g/mol. The summed E-state index contributed by atoms with van der Waals surface area (Å²) in [5.74, 6) is 1.48. The summed E-state index contributed by atoms with van der Waals surface area (Å²) in [5, 5.41) is 10.4. The molecule has 2 aromatic heterocycles. The third-order valence-electron chi connectivity index (χ3n) is 8.04. The van der Waals surface area contributed by atoms with E-state index in [1.807, 2.05) is 11.0 Å². The van der Waals surface area contributed by atoms with Gasteiger partial charge >= 0.3 is 5.97 Å². The van der Waals surface area contributed by atoms with Crippen LogP contribution in [0.25, 0.3) is 0 Å². The van der Waals surface area contributed by atoms with Crippen LogP contribution >= 0.6 is 23.4 Å². The number of esters is 1. The van der Waals surface area contributed by atoms with E-state index in [-0.39, 0.29) is 29.7 Å². The van der Waals surface area contributed by atoms with E-state index in [9.17, 15) is 9.90 Å². The number of halogens is 1. The molecule has 36 heavy (non-hydrogen) atoms. The average Bonchev–Trinajstić information content (AvgIpc) is 3.14. The van der Waals surface area contributed by atoms with E-state index < -0.39 is 5.97 Å². The number of aliphatic hydroxyl groups excluding tert-OH is 1. The minimum absolute atomic E-state index is 0.157. The number of aromatic nitrogens is 3. The summed E-state index contributed by atoms with van der Waals surface area (Å²) >= 11 is 8.01. The first kappa shape index (κ1) is 25.5. The first-order valence-corrected chi connectivity index (χ1v) is 13.5. The Kier molecular flexibility index (Phi) is 7.31. The van der Waals surface area contributed by atoms with Crippen LogP contribution in [0.3, 0.4) is 0 Å². The Morgan fingerprint density at radius 1 is 1.25 bits per heavy atom. The van der Waals surface area contributed by atoms with Gasteiger partial charge in [-0.1, -0.05) is 30.3 Å². The van der Waals surface area contributed by atoms with Gasteiger partial charge in [0, 0.05) is 55.2 Å². The second-order valence-corrected chi connectivity index (χ2v) is 11.5. The van der Waals surface area contributed by atoms with Gasteiger partial charge in [0.2, 0.25) is 0 Å². The predicted octanol–water partition coefficient (Wildman–Crippen LogP) is 3.53. The zero-order valence-electron chi connectivity index (χ0n) is 20.8. The number of aliphatic hydroxyl groups is 1. The number of ether oxygens (including phenoxy) is 2. The van der Waals surface area contributed by atoms with Crippen LogP contribution in [-0.2, 0) is 9.47 Å². The van der Waals surface area contributed by atoms with Crippen LogP contribution in [0, 0.1) is 17.3 Å². The Labute approximate surface area is 220 Å². The van der Waals surface area contributed by atoms with Crippen molar-refractivity contribution in [1.29, 1.82) is 0 Å². The molecule has 3 saturated heterocycles. The molecule has 0 bridgehead atoms. The maximum absolute atomic E-state index is 12.7. The van der Waals surface area contributed by atoms with Gasteiger partial charge in [-0.2, -0.15) is 0 Å². The van der Waals surface area contributed by atoms with Crippen LogP contribution in [0.15, 0.2) is 28.4 Å². The highest BCUT2D eigenvalue weighted by Crippen LogP contribution is 2.47. The lowest BCUT2D eigenvalue weighted by Gasteiger charge is -2.42. The molecule has 2 atom stereocenters. The van der Waals surface area contributed by atoms with E-state index in [2.05, 4.69) is 33.7 Å². The van der Waals surface area contributed by atoms with Crippen molar-refractivity contribution in [2.45, 2.75) is 42.7 Å². The molecular formula is C25H32ClN5O4S. The number of carbonyl (C=O) groups is 1. The second-order valence-electron chi connectivity index (χ2n) is 10.0. The number of anilines is 2. The summed E-state index contributed by atoms with van der Waals surface area (Å²) in [4.78, 5) is 31.4. The molecule has 3 aliphatic rings.